The molecule has 0 unspecified atom stereocenters. The van der Waals surface area contributed by atoms with E-state index in [1.165, 1.54) is 12.1 Å². The molecule has 0 atom stereocenters. The summed E-state index contributed by atoms with van der Waals surface area (Å²) in [6.07, 6.45) is 1.70. The lowest BCUT2D eigenvalue weighted by Crippen LogP contribution is -2.38. The normalized spacial score (nSPS) is 14.7. The Hall–Kier alpha value is -2.89. The average Bonchev–Trinajstić information content (AvgIpc) is 2.69. The van der Waals surface area contributed by atoms with Crippen molar-refractivity contribution in [2.45, 2.75) is 45.6 Å². The smallest absolute Gasteiger partial charge is 0.319 e. The summed E-state index contributed by atoms with van der Waals surface area (Å²) in [5.41, 5.74) is 3.22. The molecule has 29 heavy (non-hydrogen) atoms. The van der Waals surface area contributed by atoms with Crippen molar-refractivity contribution in [1.29, 1.82) is 0 Å². The minimum absolute atomic E-state index is 0.0301. The zero-order chi connectivity index (χ0) is 21.0. The molecule has 154 valence electrons. The minimum Gasteiger partial charge on any atom is -0.339 e. The largest absolute Gasteiger partial charge is 0.339 e. The Bertz CT molecular complexity index is 872. The molecular weight excluding hydrogens is 369 g/mol. The van der Waals surface area contributed by atoms with Crippen LogP contribution in [0.25, 0.3) is 0 Å². The molecule has 5 nitrogen and oxygen atoms in total. The van der Waals surface area contributed by atoms with Crippen molar-refractivity contribution in [2.24, 2.45) is 0 Å². The fourth-order valence-electron chi connectivity index (χ4n) is 3.64. The van der Waals surface area contributed by atoms with Crippen molar-refractivity contribution in [3.63, 3.8) is 0 Å². The molecule has 3 amide bonds. The molecule has 0 spiro atoms. The number of aryl methyl sites for hydroxylation is 1. The summed E-state index contributed by atoms with van der Waals surface area (Å²) in [7, 11) is 0. The average molecular weight is 397 g/mol. The SMILES string of the molecule is Cc1ccc(C(=O)N2CCC(c3ccc(F)cc3)CC2)cc1NC(=O)NC(C)C. The number of benzene rings is 2. The Kier molecular flexibility index (Phi) is 6.52. The van der Waals surface area contributed by atoms with E-state index < -0.39 is 0 Å². The van der Waals surface area contributed by atoms with Gasteiger partial charge in [0.15, 0.2) is 0 Å². The van der Waals surface area contributed by atoms with Gasteiger partial charge in [0.05, 0.1) is 0 Å². The second-order valence-corrected chi connectivity index (χ2v) is 7.90. The van der Waals surface area contributed by atoms with Crippen LogP contribution in [0, 0.1) is 12.7 Å². The lowest BCUT2D eigenvalue weighted by atomic mass is 9.89. The maximum absolute atomic E-state index is 13.1. The van der Waals surface area contributed by atoms with Crippen molar-refractivity contribution in [1.82, 2.24) is 10.2 Å². The van der Waals surface area contributed by atoms with Gasteiger partial charge in [0.1, 0.15) is 5.82 Å². The van der Waals surface area contributed by atoms with Crippen LogP contribution in [0.15, 0.2) is 42.5 Å². The van der Waals surface area contributed by atoms with Crippen LogP contribution in [0.2, 0.25) is 0 Å². The molecule has 2 N–H and O–H groups in total. The number of hydrogen-bond acceptors (Lipinski definition) is 2. The standard InChI is InChI=1S/C23H28FN3O2/c1-15(2)25-23(29)26-21-14-19(5-4-16(21)3)22(28)27-12-10-18(11-13-27)17-6-8-20(24)9-7-17/h4-9,14-15,18H,10-13H2,1-3H3,(H2,25,26,29). The summed E-state index contributed by atoms with van der Waals surface area (Å²) in [6.45, 7) is 6.99. The van der Waals surface area contributed by atoms with Gasteiger partial charge in [-0.1, -0.05) is 18.2 Å². The molecular formula is C23H28FN3O2. The zero-order valence-corrected chi connectivity index (χ0v) is 17.2. The summed E-state index contributed by atoms with van der Waals surface area (Å²) in [4.78, 5) is 26.8. The summed E-state index contributed by atoms with van der Waals surface area (Å²) < 4.78 is 13.1. The molecule has 1 aliphatic rings. The Labute approximate surface area is 171 Å². The van der Waals surface area contributed by atoms with Crippen LogP contribution in [0.3, 0.4) is 0 Å². The first-order valence-electron chi connectivity index (χ1n) is 10.1. The number of anilines is 1. The second kappa shape index (κ2) is 9.07. The van der Waals surface area contributed by atoms with Crippen molar-refractivity contribution in [3.05, 3.63) is 65.0 Å². The van der Waals surface area contributed by atoms with Gasteiger partial charge in [-0.2, -0.15) is 0 Å². The van der Waals surface area contributed by atoms with Crippen LogP contribution >= 0.6 is 0 Å². The van der Waals surface area contributed by atoms with Crippen LogP contribution in [0.4, 0.5) is 14.9 Å². The van der Waals surface area contributed by atoms with Crippen molar-refractivity contribution < 1.29 is 14.0 Å². The highest BCUT2D eigenvalue weighted by molar-refractivity contribution is 5.97. The van der Waals surface area contributed by atoms with Gasteiger partial charge >= 0.3 is 6.03 Å². The molecule has 1 aliphatic heterocycles. The van der Waals surface area contributed by atoms with Gasteiger partial charge in [-0.15, -0.1) is 0 Å². The number of urea groups is 1. The monoisotopic (exact) mass is 397 g/mol. The van der Waals surface area contributed by atoms with E-state index in [1.807, 2.05) is 43.9 Å². The third kappa shape index (κ3) is 5.34. The van der Waals surface area contributed by atoms with Gasteiger partial charge < -0.3 is 15.5 Å². The predicted molar refractivity (Wildman–Crippen MR) is 113 cm³/mol. The van der Waals surface area contributed by atoms with Crippen molar-refractivity contribution >= 4 is 17.6 Å². The number of rotatable bonds is 4. The number of nitrogens with one attached hydrogen (secondary N) is 2. The number of hydrogen-bond donors (Lipinski definition) is 2. The van der Waals surface area contributed by atoms with E-state index in [-0.39, 0.29) is 23.8 Å². The first kappa shape index (κ1) is 20.8. The summed E-state index contributed by atoms with van der Waals surface area (Å²) in [5, 5.41) is 5.61. The molecule has 0 bridgehead atoms. The first-order chi connectivity index (χ1) is 13.8. The Morgan fingerprint density at radius 2 is 1.72 bits per heavy atom. The lowest BCUT2D eigenvalue weighted by molar-refractivity contribution is 0.0713. The highest BCUT2D eigenvalue weighted by Gasteiger charge is 2.25. The molecule has 0 radical (unpaired) electrons. The molecule has 0 saturated carbocycles. The lowest BCUT2D eigenvalue weighted by Gasteiger charge is -2.32. The van der Waals surface area contributed by atoms with Gasteiger partial charge in [0, 0.05) is 30.4 Å². The molecule has 3 rings (SSSR count). The van der Waals surface area contributed by atoms with Gasteiger partial charge in [0.2, 0.25) is 0 Å². The number of nitrogens with zero attached hydrogens (tertiary/aromatic N) is 1. The quantitative estimate of drug-likeness (QED) is 0.787. The molecule has 0 aliphatic carbocycles. The number of carbonyl (C=O) groups excluding carboxylic acids is 2. The van der Waals surface area contributed by atoms with Crippen LogP contribution in [-0.4, -0.2) is 36.0 Å². The van der Waals surface area contributed by atoms with Crippen molar-refractivity contribution in [3.8, 4) is 0 Å². The summed E-state index contributed by atoms with van der Waals surface area (Å²) in [6, 6.07) is 11.8. The van der Waals surface area contributed by atoms with Gasteiger partial charge in [0.25, 0.3) is 5.91 Å². The molecule has 0 aromatic heterocycles. The molecule has 1 saturated heterocycles. The van der Waals surface area contributed by atoms with E-state index in [1.54, 1.807) is 12.1 Å². The maximum atomic E-state index is 13.1. The topological polar surface area (TPSA) is 61.4 Å². The fraction of sp³-hybridized carbons (Fsp3) is 0.391. The zero-order valence-electron chi connectivity index (χ0n) is 17.2. The second-order valence-electron chi connectivity index (χ2n) is 7.90. The van der Waals surface area contributed by atoms with E-state index in [2.05, 4.69) is 10.6 Å². The van der Waals surface area contributed by atoms with E-state index in [0.29, 0.717) is 30.3 Å². The van der Waals surface area contributed by atoms with Crippen LogP contribution in [0.1, 0.15) is 54.1 Å². The molecule has 2 aromatic rings. The Balaban J connectivity index is 1.64. The van der Waals surface area contributed by atoms with Gasteiger partial charge in [-0.05, 0) is 74.9 Å². The predicted octanol–water partition coefficient (Wildman–Crippen LogP) is 4.68. The van der Waals surface area contributed by atoms with Crippen LogP contribution < -0.4 is 10.6 Å². The summed E-state index contributed by atoms with van der Waals surface area (Å²) in [5.74, 6) is 0.0803. The number of likely N-dealkylation sites (tertiary alicyclic amines) is 1. The van der Waals surface area contributed by atoms with E-state index in [4.69, 9.17) is 0 Å². The van der Waals surface area contributed by atoms with Crippen LogP contribution in [0.5, 0.6) is 0 Å². The highest BCUT2D eigenvalue weighted by Crippen LogP contribution is 2.29. The van der Waals surface area contributed by atoms with E-state index >= 15 is 0 Å². The van der Waals surface area contributed by atoms with Gasteiger partial charge in [-0.25, -0.2) is 9.18 Å². The summed E-state index contributed by atoms with van der Waals surface area (Å²) >= 11 is 0. The third-order valence-corrected chi connectivity index (χ3v) is 5.28. The third-order valence-electron chi connectivity index (χ3n) is 5.28. The Morgan fingerprint density at radius 1 is 1.07 bits per heavy atom. The minimum atomic E-state index is -0.284. The Morgan fingerprint density at radius 3 is 2.34 bits per heavy atom. The van der Waals surface area contributed by atoms with E-state index in [9.17, 15) is 14.0 Å². The molecule has 6 heteroatoms. The highest BCUT2D eigenvalue weighted by atomic mass is 19.1. The maximum Gasteiger partial charge on any atom is 0.319 e. The van der Waals surface area contributed by atoms with Crippen LogP contribution in [-0.2, 0) is 0 Å². The fourth-order valence-corrected chi connectivity index (χ4v) is 3.64. The number of piperidine rings is 1. The molecule has 2 aromatic carbocycles. The van der Waals surface area contributed by atoms with Gasteiger partial charge in [-0.3, -0.25) is 4.79 Å². The number of amides is 3. The van der Waals surface area contributed by atoms with E-state index in [0.717, 1.165) is 24.0 Å². The molecule has 1 heterocycles. The molecule has 1 fully saturated rings. The number of halogens is 1. The first-order valence-corrected chi connectivity index (χ1v) is 10.1. The van der Waals surface area contributed by atoms with Crippen molar-refractivity contribution in [2.75, 3.05) is 18.4 Å². The number of carbonyl (C=O) groups is 2.